The third-order valence-corrected chi connectivity index (χ3v) is 11.5. The van der Waals surface area contributed by atoms with Crippen LogP contribution in [0.25, 0.3) is 0 Å². The molecule has 0 rings (SSSR count). The van der Waals surface area contributed by atoms with Crippen LogP contribution in [0.1, 0.15) is 39.5 Å². The summed E-state index contributed by atoms with van der Waals surface area (Å²) >= 11 is 15.2. The van der Waals surface area contributed by atoms with E-state index in [1.54, 1.807) is 0 Å². The molecule has 0 saturated heterocycles. The van der Waals surface area contributed by atoms with Crippen LogP contribution in [-0.2, 0) is 11.8 Å². The van der Waals surface area contributed by atoms with Crippen LogP contribution in [0.4, 0.5) is 0 Å². The highest BCUT2D eigenvalue weighted by Crippen LogP contribution is 2.73. The van der Waals surface area contributed by atoms with Crippen LogP contribution in [0.5, 0.6) is 0 Å². The monoisotopic (exact) mass is 276 g/mol. The first kappa shape index (κ1) is 14.6. The summed E-state index contributed by atoms with van der Waals surface area (Å²) in [7, 11) is 0. The van der Waals surface area contributed by atoms with E-state index in [0.717, 1.165) is 11.5 Å². The Bertz CT molecular complexity index is 149. The lowest BCUT2D eigenvalue weighted by Crippen LogP contribution is -1.77. The molecule has 0 bridgehead atoms. The second-order valence-corrected chi connectivity index (χ2v) is 16.9. The third-order valence-electron chi connectivity index (χ3n) is 1.49. The molecule has 0 unspecified atom stereocenters. The van der Waals surface area contributed by atoms with Gasteiger partial charge in [-0.2, -0.15) is 0 Å². The zero-order valence-corrected chi connectivity index (χ0v) is 12.4. The van der Waals surface area contributed by atoms with Crippen molar-refractivity contribution in [1.29, 1.82) is 0 Å². The van der Waals surface area contributed by atoms with E-state index in [1.165, 1.54) is 25.7 Å². The first-order valence-corrected chi connectivity index (χ1v) is 11.6. The number of hydrogen-bond donors (Lipinski definition) is 0. The van der Waals surface area contributed by atoms with Crippen LogP contribution >= 0.6 is 37.8 Å². The van der Waals surface area contributed by atoms with Gasteiger partial charge in [0.2, 0.25) is 0 Å². The highest BCUT2D eigenvalue weighted by molar-refractivity contribution is 9.06. The van der Waals surface area contributed by atoms with E-state index in [-0.39, 0.29) is 0 Å². The molecular formula is C8H18ClPS3. The van der Waals surface area contributed by atoms with E-state index in [0.29, 0.717) is 0 Å². The van der Waals surface area contributed by atoms with Crippen LogP contribution in [0.3, 0.4) is 0 Å². The molecule has 0 aromatic carbocycles. The van der Waals surface area contributed by atoms with Crippen molar-refractivity contribution in [3.05, 3.63) is 0 Å². The molecule has 0 spiro atoms. The molecule has 0 saturated carbocycles. The predicted octanol–water partition coefficient (Wildman–Crippen LogP) is 5.52. The lowest BCUT2D eigenvalue weighted by molar-refractivity contribution is 0.898. The first-order chi connectivity index (χ1) is 6.12. The SMILES string of the molecule is CCCCSP(=S)(Cl)SCCCC. The lowest BCUT2D eigenvalue weighted by atomic mass is 10.4. The zero-order chi connectivity index (χ0) is 10.2. The summed E-state index contributed by atoms with van der Waals surface area (Å²) < 4.78 is -1.61. The average molecular weight is 277 g/mol. The van der Waals surface area contributed by atoms with E-state index in [4.69, 9.17) is 23.0 Å². The van der Waals surface area contributed by atoms with Crippen LogP contribution in [-0.4, -0.2) is 11.5 Å². The van der Waals surface area contributed by atoms with E-state index in [9.17, 15) is 0 Å². The van der Waals surface area contributed by atoms with Gasteiger partial charge in [-0.15, -0.1) is 0 Å². The maximum Gasteiger partial charge on any atom is 0.140 e. The van der Waals surface area contributed by atoms with Gasteiger partial charge in [-0.25, -0.2) is 0 Å². The fraction of sp³-hybridized carbons (Fsp3) is 1.00. The Balaban J connectivity index is 3.49. The Morgan fingerprint density at radius 3 is 1.77 bits per heavy atom. The van der Waals surface area contributed by atoms with Gasteiger partial charge in [0.25, 0.3) is 0 Å². The number of halogens is 1. The quantitative estimate of drug-likeness (QED) is 0.423. The Kier molecular flexibility index (Phi) is 10.0. The van der Waals surface area contributed by atoms with Crippen molar-refractivity contribution in [2.45, 2.75) is 39.5 Å². The molecule has 0 N–H and O–H groups in total. The van der Waals surface area contributed by atoms with Gasteiger partial charge in [-0.1, -0.05) is 72.5 Å². The van der Waals surface area contributed by atoms with E-state index in [2.05, 4.69) is 13.8 Å². The summed E-state index contributed by atoms with van der Waals surface area (Å²) in [4.78, 5) is 0. The van der Waals surface area contributed by atoms with E-state index in [1.807, 2.05) is 22.8 Å². The minimum Gasteiger partial charge on any atom is -0.0995 e. The van der Waals surface area contributed by atoms with Gasteiger partial charge < -0.3 is 0 Å². The van der Waals surface area contributed by atoms with Gasteiger partial charge in [0.1, 0.15) is 3.79 Å². The topological polar surface area (TPSA) is 0 Å². The van der Waals surface area contributed by atoms with E-state index < -0.39 is 3.79 Å². The molecular weight excluding hydrogens is 259 g/mol. The minimum atomic E-state index is -1.61. The Morgan fingerprint density at radius 1 is 1.08 bits per heavy atom. The molecule has 0 heterocycles. The number of unbranched alkanes of at least 4 members (excludes halogenated alkanes) is 2. The van der Waals surface area contributed by atoms with E-state index >= 15 is 0 Å². The van der Waals surface area contributed by atoms with Crippen molar-refractivity contribution < 1.29 is 0 Å². The van der Waals surface area contributed by atoms with Gasteiger partial charge in [0, 0.05) is 0 Å². The summed E-state index contributed by atoms with van der Waals surface area (Å²) in [5, 5.41) is 0. The standard InChI is InChI=1S/C8H18ClPS3/c1-3-5-7-12-10(9,11)13-8-6-4-2/h3-8H2,1-2H3. The summed E-state index contributed by atoms with van der Waals surface area (Å²) in [6.45, 7) is 4.39. The highest BCUT2D eigenvalue weighted by Gasteiger charge is 2.13. The van der Waals surface area contributed by atoms with Crippen molar-refractivity contribution >= 4 is 49.6 Å². The van der Waals surface area contributed by atoms with Crippen molar-refractivity contribution in [2.75, 3.05) is 11.5 Å². The molecule has 0 fully saturated rings. The molecule has 0 aliphatic rings. The molecule has 0 amide bonds. The molecule has 0 atom stereocenters. The lowest BCUT2D eigenvalue weighted by Gasteiger charge is -2.11. The maximum absolute atomic E-state index is 6.26. The maximum atomic E-state index is 6.26. The largest absolute Gasteiger partial charge is 0.140 e. The molecule has 0 aliphatic carbocycles. The molecule has 0 nitrogen and oxygen atoms in total. The van der Waals surface area contributed by atoms with Crippen molar-refractivity contribution in [3.8, 4) is 0 Å². The summed E-state index contributed by atoms with van der Waals surface area (Å²) in [6, 6.07) is 0. The van der Waals surface area contributed by atoms with Crippen LogP contribution < -0.4 is 0 Å². The summed E-state index contributed by atoms with van der Waals surface area (Å²) in [5.74, 6) is 2.27. The molecule has 0 aromatic rings. The minimum absolute atomic E-state index is 1.14. The average Bonchev–Trinajstić information content (AvgIpc) is 2.05. The van der Waals surface area contributed by atoms with Crippen LogP contribution in [0.15, 0.2) is 0 Å². The fourth-order valence-corrected chi connectivity index (χ4v) is 8.92. The zero-order valence-electron chi connectivity index (χ0n) is 8.29. The van der Waals surface area contributed by atoms with Crippen molar-refractivity contribution in [1.82, 2.24) is 0 Å². The summed E-state index contributed by atoms with van der Waals surface area (Å²) in [5.41, 5.74) is 0. The van der Waals surface area contributed by atoms with Gasteiger partial charge in [-0.3, -0.25) is 0 Å². The molecule has 0 aliphatic heterocycles. The van der Waals surface area contributed by atoms with Gasteiger partial charge in [-0.05, 0) is 24.3 Å². The van der Waals surface area contributed by atoms with Crippen molar-refractivity contribution in [3.63, 3.8) is 0 Å². The van der Waals surface area contributed by atoms with Gasteiger partial charge in [0.15, 0.2) is 0 Å². The van der Waals surface area contributed by atoms with Crippen molar-refractivity contribution in [2.24, 2.45) is 0 Å². The highest BCUT2D eigenvalue weighted by atomic mass is 35.7. The van der Waals surface area contributed by atoms with Crippen LogP contribution in [0, 0.1) is 0 Å². The molecule has 13 heavy (non-hydrogen) atoms. The normalized spacial score (nSPS) is 11.9. The first-order valence-electron chi connectivity index (χ1n) is 4.71. The molecule has 80 valence electrons. The predicted molar refractivity (Wildman–Crippen MR) is 74.9 cm³/mol. The molecule has 5 heteroatoms. The van der Waals surface area contributed by atoms with Gasteiger partial charge >= 0.3 is 0 Å². The van der Waals surface area contributed by atoms with Gasteiger partial charge in [0.05, 0.1) is 0 Å². The fourth-order valence-electron chi connectivity index (χ4n) is 0.673. The second-order valence-electron chi connectivity index (χ2n) is 2.80. The number of hydrogen-bond acceptors (Lipinski definition) is 3. The molecule has 0 aromatic heterocycles. The van der Waals surface area contributed by atoms with Crippen LogP contribution in [0.2, 0.25) is 0 Å². The number of rotatable bonds is 8. The smallest absolute Gasteiger partial charge is 0.0995 e. The second kappa shape index (κ2) is 8.91. The Hall–Kier alpha value is 1.64. The molecule has 0 radical (unpaired) electrons. The third kappa shape index (κ3) is 9.93. The Labute approximate surface area is 100 Å². The summed E-state index contributed by atoms with van der Waals surface area (Å²) in [6.07, 6.45) is 4.95. The Morgan fingerprint density at radius 2 is 1.46 bits per heavy atom.